The molecule has 0 N–H and O–H groups in total. The molecular weight excluding hydrogens is 322 g/mol. The first kappa shape index (κ1) is 18.4. The lowest BCUT2D eigenvalue weighted by molar-refractivity contribution is -0.143. The number of benzene rings is 1. The Labute approximate surface area is 146 Å². The monoisotopic (exact) mass is 343 g/mol. The summed E-state index contributed by atoms with van der Waals surface area (Å²) in [4.78, 5) is 27.1. The summed E-state index contributed by atoms with van der Waals surface area (Å²) >= 11 is 0. The Bertz CT molecular complexity index is 715. The molecule has 25 heavy (non-hydrogen) atoms. The average Bonchev–Trinajstić information content (AvgIpc) is 2.61. The number of aromatic nitrogens is 1. The van der Waals surface area contributed by atoms with Crippen molar-refractivity contribution in [2.75, 3.05) is 6.61 Å². The van der Waals surface area contributed by atoms with Crippen LogP contribution in [0.2, 0.25) is 0 Å². The van der Waals surface area contributed by atoms with Crippen LogP contribution in [0.3, 0.4) is 0 Å². The molecule has 1 aromatic carbocycles. The minimum absolute atomic E-state index is 0.241. The summed E-state index contributed by atoms with van der Waals surface area (Å²) in [5.41, 5.74) is 0.813. The van der Waals surface area contributed by atoms with Gasteiger partial charge in [-0.05, 0) is 43.2 Å². The van der Waals surface area contributed by atoms with Crippen molar-refractivity contribution in [3.8, 4) is 17.2 Å². The van der Waals surface area contributed by atoms with Crippen molar-refractivity contribution in [2.24, 2.45) is 0 Å². The summed E-state index contributed by atoms with van der Waals surface area (Å²) in [7, 11) is 0. The molecule has 1 aromatic heterocycles. The fraction of sp³-hybridized carbons (Fsp3) is 0.316. The zero-order chi connectivity index (χ0) is 18.1. The SMILES string of the molecule is CCOC(=O)CCc1cc(OC(=O)CC)cc(Oc2cccnc2)c1. The number of hydrogen-bond acceptors (Lipinski definition) is 6. The molecule has 0 amide bonds. The normalized spacial score (nSPS) is 10.2. The van der Waals surface area contributed by atoms with Crippen LogP contribution in [0.5, 0.6) is 17.2 Å². The van der Waals surface area contributed by atoms with E-state index in [1.807, 2.05) is 0 Å². The fourth-order valence-electron chi connectivity index (χ4n) is 2.12. The third-order valence-corrected chi connectivity index (χ3v) is 3.25. The second kappa shape index (κ2) is 9.42. The number of hydrogen-bond donors (Lipinski definition) is 0. The van der Waals surface area contributed by atoms with Crippen LogP contribution in [0.25, 0.3) is 0 Å². The van der Waals surface area contributed by atoms with Gasteiger partial charge in [-0.15, -0.1) is 0 Å². The number of carbonyl (C=O) groups excluding carboxylic acids is 2. The van der Waals surface area contributed by atoms with Gasteiger partial charge in [0.25, 0.3) is 0 Å². The molecule has 0 fully saturated rings. The minimum Gasteiger partial charge on any atom is -0.466 e. The fourth-order valence-corrected chi connectivity index (χ4v) is 2.12. The highest BCUT2D eigenvalue weighted by Gasteiger charge is 2.10. The maximum absolute atomic E-state index is 11.6. The Morgan fingerprint density at radius 2 is 1.84 bits per heavy atom. The molecule has 0 aliphatic rings. The number of ether oxygens (including phenoxy) is 3. The van der Waals surface area contributed by atoms with E-state index in [1.165, 1.54) is 0 Å². The number of carbonyl (C=O) groups is 2. The van der Waals surface area contributed by atoms with Crippen molar-refractivity contribution < 1.29 is 23.8 Å². The van der Waals surface area contributed by atoms with Crippen molar-refractivity contribution in [1.29, 1.82) is 0 Å². The number of rotatable bonds is 8. The predicted molar refractivity (Wildman–Crippen MR) is 91.6 cm³/mol. The van der Waals surface area contributed by atoms with Crippen molar-refractivity contribution in [3.63, 3.8) is 0 Å². The van der Waals surface area contributed by atoms with Gasteiger partial charge < -0.3 is 14.2 Å². The van der Waals surface area contributed by atoms with Gasteiger partial charge in [-0.2, -0.15) is 0 Å². The highest BCUT2D eigenvalue weighted by atomic mass is 16.5. The van der Waals surface area contributed by atoms with E-state index in [-0.39, 0.29) is 24.8 Å². The van der Waals surface area contributed by atoms with Crippen LogP contribution in [0.1, 0.15) is 32.3 Å². The summed E-state index contributed by atoms with van der Waals surface area (Å²) < 4.78 is 16.0. The standard InChI is InChI=1S/C19H21NO5/c1-3-18(21)25-17-11-14(7-8-19(22)23-4-2)10-16(12-17)24-15-6-5-9-20-13-15/h5-6,9-13H,3-4,7-8H2,1-2H3. The van der Waals surface area contributed by atoms with Crippen molar-refractivity contribution in [1.82, 2.24) is 4.98 Å². The van der Waals surface area contributed by atoms with Crippen LogP contribution in [-0.4, -0.2) is 23.5 Å². The lowest BCUT2D eigenvalue weighted by Gasteiger charge is -2.11. The summed E-state index contributed by atoms with van der Waals surface area (Å²) in [6.07, 6.45) is 4.21. The van der Waals surface area contributed by atoms with Gasteiger partial charge in [-0.3, -0.25) is 14.6 Å². The molecule has 0 atom stereocenters. The molecule has 0 saturated heterocycles. The van der Waals surface area contributed by atoms with E-state index in [0.29, 0.717) is 30.3 Å². The highest BCUT2D eigenvalue weighted by molar-refractivity contribution is 5.72. The lowest BCUT2D eigenvalue weighted by Crippen LogP contribution is -2.07. The van der Waals surface area contributed by atoms with Crippen LogP contribution in [0.15, 0.2) is 42.7 Å². The summed E-state index contributed by atoms with van der Waals surface area (Å²) in [6, 6.07) is 8.70. The van der Waals surface area contributed by atoms with Gasteiger partial charge in [0.15, 0.2) is 0 Å². The van der Waals surface area contributed by atoms with Gasteiger partial charge in [0, 0.05) is 25.1 Å². The maximum Gasteiger partial charge on any atom is 0.310 e. The molecule has 0 saturated carbocycles. The molecule has 132 valence electrons. The van der Waals surface area contributed by atoms with E-state index in [2.05, 4.69) is 4.98 Å². The second-order valence-electron chi connectivity index (χ2n) is 5.24. The number of aryl methyl sites for hydroxylation is 1. The highest BCUT2D eigenvalue weighted by Crippen LogP contribution is 2.28. The van der Waals surface area contributed by atoms with Gasteiger partial charge in [-0.1, -0.05) is 6.92 Å². The smallest absolute Gasteiger partial charge is 0.310 e. The average molecular weight is 343 g/mol. The van der Waals surface area contributed by atoms with E-state index in [9.17, 15) is 9.59 Å². The van der Waals surface area contributed by atoms with Crippen LogP contribution in [0.4, 0.5) is 0 Å². The van der Waals surface area contributed by atoms with Crippen LogP contribution < -0.4 is 9.47 Å². The summed E-state index contributed by atoms with van der Waals surface area (Å²) in [5.74, 6) is 0.848. The molecular formula is C19H21NO5. The largest absolute Gasteiger partial charge is 0.466 e. The topological polar surface area (TPSA) is 74.7 Å². The van der Waals surface area contributed by atoms with Gasteiger partial charge in [0.1, 0.15) is 17.2 Å². The molecule has 0 spiro atoms. The van der Waals surface area contributed by atoms with Crippen LogP contribution in [-0.2, 0) is 20.7 Å². The van der Waals surface area contributed by atoms with E-state index in [1.54, 1.807) is 56.6 Å². The van der Waals surface area contributed by atoms with Gasteiger partial charge in [0.05, 0.1) is 12.8 Å². The third-order valence-electron chi connectivity index (χ3n) is 3.25. The quantitative estimate of drug-likeness (QED) is 0.537. The third kappa shape index (κ3) is 6.25. The Kier molecular flexibility index (Phi) is 6.95. The molecule has 0 radical (unpaired) electrons. The molecule has 6 nitrogen and oxygen atoms in total. The van der Waals surface area contributed by atoms with E-state index in [4.69, 9.17) is 14.2 Å². The second-order valence-corrected chi connectivity index (χ2v) is 5.24. The molecule has 2 aromatic rings. The predicted octanol–water partition coefficient (Wildman–Crippen LogP) is 3.69. The van der Waals surface area contributed by atoms with Gasteiger partial charge in [0.2, 0.25) is 0 Å². The van der Waals surface area contributed by atoms with Gasteiger partial charge in [-0.25, -0.2) is 0 Å². The van der Waals surface area contributed by atoms with E-state index >= 15 is 0 Å². The Morgan fingerprint density at radius 1 is 1.04 bits per heavy atom. The first-order chi connectivity index (χ1) is 12.1. The number of pyridine rings is 1. The zero-order valence-corrected chi connectivity index (χ0v) is 14.4. The van der Waals surface area contributed by atoms with Crippen molar-refractivity contribution in [3.05, 3.63) is 48.3 Å². The molecule has 0 bridgehead atoms. The molecule has 1 heterocycles. The summed E-state index contributed by atoms with van der Waals surface area (Å²) in [5, 5.41) is 0. The summed E-state index contributed by atoms with van der Waals surface area (Å²) in [6.45, 7) is 3.84. The first-order valence-corrected chi connectivity index (χ1v) is 8.18. The number of esters is 2. The Hall–Kier alpha value is -2.89. The van der Waals surface area contributed by atoms with E-state index in [0.717, 1.165) is 5.56 Å². The molecule has 0 aliphatic carbocycles. The molecule has 0 aliphatic heterocycles. The molecule has 2 rings (SSSR count). The van der Waals surface area contributed by atoms with Crippen LogP contribution >= 0.6 is 0 Å². The Balaban J connectivity index is 2.18. The Morgan fingerprint density at radius 3 is 2.52 bits per heavy atom. The van der Waals surface area contributed by atoms with E-state index < -0.39 is 0 Å². The van der Waals surface area contributed by atoms with Crippen molar-refractivity contribution in [2.45, 2.75) is 33.1 Å². The first-order valence-electron chi connectivity index (χ1n) is 8.18. The molecule has 6 heteroatoms. The molecule has 0 unspecified atom stereocenters. The van der Waals surface area contributed by atoms with Crippen molar-refractivity contribution >= 4 is 11.9 Å². The van der Waals surface area contributed by atoms with Gasteiger partial charge >= 0.3 is 11.9 Å². The minimum atomic E-state index is -0.338. The zero-order valence-electron chi connectivity index (χ0n) is 14.4. The van der Waals surface area contributed by atoms with Crippen LogP contribution in [0, 0.1) is 0 Å². The number of nitrogens with zero attached hydrogens (tertiary/aromatic N) is 1. The lowest BCUT2D eigenvalue weighted by atomic mass is 10.1. The maximum atomic E-state index is 11.6.